The maximum Gasteiger partial charge on any atom is 0.0993 e. The van der Waals surface area contributed by atoms with Gasteiger partial charge in [-0.05, 0) is 23.3 Å². The first-order chi connectivity index (χ1) is 8.24. The number of benzene rings is 2. The van der Waals surface area contributed by atoms with Gasteiger partial charge in [-0.15, -0.1) is 0 Å². The molecule has 0 saturated heterocycles. The lowest BCUT2D eigenvalue weighted by Gasteiger charge is -2.13. The van der Waals surface area contributed by atoms with Gasteiger partial charge in [-0.2, -0.15) is 5.26 Å². The average molecular weight is 287 g/mol. The molecule has 2 N–H and O–H groups in total. The van der Waals surface area contributed by atoms with Gasteiger partial charge in [-0.1, -0.05) is 52.3 Å². The van der Waals surface area contributed by atoms with Gasteiger partial charge in [-0.3, -0.25) is 0 Å². The lowest BCUT2D eigenvalue weighted by atomic mass is 9.91. The highest BCUT2D eigenvalue weighted by atomic mass is 79.9. The number of nitrogens with zero attached hydrogens (tertiary/aromatic N) is 1. The molecule has 0 heterocycles. The van der Waals surface area contributed by atoms with E-state index >= 15 is 0 Å². The van der Waals surface area contributed by atoms with Gasteiger partial charge < -0.3 is 5.73 Å². The minimum absolute atomic E-state index is 0.341. The molecule has 0 fully saturated rings. The normalized spacial score (nSPS) is 11.8. The molecule has 2 aromatic carbocycles. The average Bonchev–Trinajstić information content (AvgIpc) is 2.34. The fourth-order valence-corrected chi connectivity index (χ4v) is 2.30. The van der Waals surface area contributed by atoms with Crippen molar-refractivity contribution in [2.75, 3.05) is 5.73 Å². The van der Waals surface area contributed by atoms with Crippen molar-refractivity contribution in [2.24, 2.45) is 0 Å². The highest BCUT2D eigenvalue weighted by Crippen LogP contribution is 2.32. The van der Waals surface area contributed by atoms with Crippen LogP contribution in [0.2, 0.25) is 0 Å². The number of hydrogen-bond acceptors (Lipinski definition) is 2. The molecule has 0 saturated carbocycles. The van der Waals surface area contributed by atoms with Crippen LogP contribution in [0.4, 0.5) is 5.69 Å². The Morgan fingerprint density at radius 3 is 2.18 bits per heavy atom. The Morgan fingerprint density at radius 1 is 1.00 bits per heavy atom. The van der Waals surface area contributed by atoms with E-state index in [2.05, 4.69) is 22.0 Å². The van der Waals surface area contributed by atoms with Crippen LogP contribution in [0, 0.1) is 11.3 Å². The molecule has 0 aromatic heterocycles. The number of nitriles is 1. The molecule has 17 heavy (non-hydrogen) atoms. The zero-order valence-electron chi connectivity index (χ0n) is 9.10. The number of rotatable bonds is 2. The Balaban J connectivity index is 2.53. The highest BCUT2D eigenvalue weighted by molar-refractivity contribution is 9.10. The van der Waals surface area contributed by atoms with Crippen LogP contribution >= 0.6 is 15.9 Å². The fourth-order valence-electron chi connectivity index (χ4n) is 1.79. The predicted molar refractivity (Wildman–Crippen MR) is 72.5 cm³/mol. The zero-order chi connectivity index (χ0) is 12.3. The van der Waals surface area contributed by atoms with Gasteiger partial charge in [0, 0.05) is 10.2 Å². The molecule has 1 atom stereocenters. The minimum Gasteiger partial charge on any atom is -0.398 e. The van der Waals surface area contributed by atoms with E-state index in [1.807, 2.05) is 48.5 Å². The molecule has 0 aliphatic rings. The van der Waals surface area contributed by atoms with Crippen LogP contribution in [0.25, 0.3) is 0 Å². The SMILES string of the molecule is N#CC(c1ccccc1N)c1ccccc1Br. The standard InChI is InChI=1S/C14H11BrN2/c15-13-7-3-1-5-10(13)12(9-16)11-6-2-4-8-14(11)17/h1-8,12H,17H2. The highest BCUT2D eigenvalue weighted by Gasteiger charge is 2.17. The Hall–Kier alpha value is -1.79. The third-order valence-corrected chi connectivity index (χ3v) is 3.37. The van der Waals surface area contributed by atoms with Crippen LogP contribution in [0.3, 0.4) is 0 Å². The molecule has 0 radical (unpaired) electrons. The van der Waals surface area contributed by atoms with Crippen LogP contribution in [0.1, 0.15) is 17.0 Å². The van der Waals surface area contributed by atoms with E-state index in [1.165, 1.54) is 0 Å². The summed E-state index contributed by atoms with van der Waals surface area (Å²) in [5.74, 6) is -0.341. The number of para-hydroxylation sites is 1. The van der Waals surface area contributed by atoms with Crippen molar-refractivity contribution in [1.29, 1.82) is 5.26 Å². The van der Waals surface area contributed by atoms with E-state index < -0.39 is 0 Å². The Bertz CT molecular complexity index is 527. The first kappa shape index (κ1) is 11.7. The van der Waals surface area contributed by atoms with Gasteiger partial charge in [0.1, 0.15) is 0 Å². The monoisotopic (exact) mass is 286 g/mol. The predicted octanol–water partition coefficient (Wildman–Crippen LogP) is 3.69. The summed E-state index contributed by atoms with van der Waals surface area (Å²) in [6, 6.07) is 17.5. The van der Waals surface area contributed by atoms with E-state index in [9.17, 15) is 5.26 Å². The molecule has 2 aromatic rings. The minimum atomic E-state index is -0.341. The molecule has 0 bridgehead atoms. The second-order valence-corrected chi connectivity index (χ2v) is 4.57. The quantitative estimate of drug-likeness (QED) is 0.856. The molecular weight excluding hydrogens is 276 g/mol. The Kier molecular flexibility index (Phi) is 3.46. The van der Waals surface area contributed by atoms with Crippen molar-refractivity contribution < 1.29 is 0 Å². The van der Waals surface area contributed by atoms with Crippen LogP contribution < -0.4 is 5.73 Å². The van der Waals surface area contributed by atoms with Crippen molar-refractivity contribution in [3.05, 3.63) is 64.1 Å². The molecular formula is C14H11BrN2. The van der Waals surface area contributed by atoms with E-state index in [-0.39, 0.29) is 5.92 Å². The summed E-state index contributed by atoms with van der Waals surface area (Å²) in [5, 5.41) is 9.36. The molecule has 0 spiro atoms. The number of nitrogen functional groups attached to an aromatic ring is 1. The number of halogens is 1. The maximum absolute atomic E-state index is 9.36. The molecule has 1 unspecified atom stereocenters. The van der Waals surface area contributed by atoms with Crippen molar-refractivity contribution >= 4 is 21.6 Å². The molecule has 2 rings (SSSR count). The van der Waals surface area contributed by atoms with E-state index in [0.29, 0.717) is 5.69 Å². The van der Waals surface area contributed by atoms with Gasteiger partial charge in [0.2, 0.25) is 0 Å². The molecule has 0 aliphatic heterocycles. The summed E-state index contributed by atoms with van der Waals surface area (Å²) in [6.07, 6.45) is 0. The van der Waals surface area contributed by atoms with Crippen LogP contribution in [0.15, 0.2) is 53.0 Å². The number of nitrogens with two attached hydrogens (primary N) is 1. The second-order valence-electron chi connectivity index (χ2n) is 3.71. The topological polar surface area (TPSA) is 49.8 Å². The van der Waals surface area contributed by atoms with Gasteiger partial charge in [0.05, 0.1) is 12.0 Å². The zero-order valence-corrected chi connectivity index (χ0v) is 10.7. The summed E-state index contributed by atoms with van der Waals surface area (Å²) in [7, 11) is 0. The fraction of sp³-hybridized carbons (Fsp3) is 0.0714. The second kappa shape index (κ2) is 5.03. The Labute approximate surface area is 109 Å². The molecule has 2 nitrogen and oxygen atoms in total. The van der Waals surface area contributed by atoms with Crippen molar-refractivity contribution in [2.45, 2.75) is 5.92 Å². The van der Waals surface area contributed by atoms with Gasteiger partial charge in [0.15, 0.2) is 0 Å². The first-order valence-corrected chi connectivity index (χ1v) is 6.01. The van der Waals surface area contributed by atoms with Gasteiger partial charge in [-0.25, -0.2) is 0 Å². The van der Waals surface area contributed by atoms with Crippen molar-refractivity contribution in [1.82, 2.24) is 0 Å². The molecule has 3 heteroatoms. The third kappa shape index (κ3) is 2.32. The van der Waals surface area contributed by atoms with Crippen LogP contribution in [-0.4, -0.2) is 0 Å². The summed E-state index contributed by atoms with van der Waals surface area (Å²) < 4.78 is 0.926. The first-order valence-electron chi connectivity index (χ1n) is 5.22. The summed E-state index contributed by atoms with van der Waals surface area (Å²) >= 11 is 3.47. The lowest BCUT2D eigenvalue weighted by Crippen LogP contribution is -2.03. The van der Waals surface area contributed by atoms with E-state index in [1.54, 1.807) is 0 Å². The number of anilines is 1. The lowest BCUT2D eigenvalue weighted by molar-refractivity contribution is 1.03. The van der Waals surface area contributed by atoms with Crippen molar-refractivity contribution in [3.8, 4) is 6.07 Å². The van der Waals surface area contributed by atoms with Gasteiger partial charge >= 0.3 is 0 Å². The maximum atomic E-state index is 9.36. The summed E-state index contributed by atoms with van der Waals surface area (Å²) in [5.41, 5.74) is 8.35. The van der Waals surface area contributed by atoms with Crippen molar-refractivity contribution in [3.63, 3.8) is 0 Å². The van der Waals surface area contributed by atoms with E-state index in [4.69, 9.17) is 5.73 Å². The summed E-state index contributed by atoms with van der Waals surface area (Å²) in [6.45, 7) is 0. The molecule has 0 aliphatic carbocycles. The third-order valence-electron chi connectivity index (χ3n) is 2.65. The molecule has 84 valence electrons. The number of hydrogen-bond donors (Lipinski definition) is 1. The Morgan fingerprint density at radius 2 is 1.59 bits per heavy atom. The van der Waals surface area contributed by atoms with E-state index in [0.717, 1.165) is 15.6 Å². The largest absolute Gasteiger partial charge is 0.398 e. The van der Waals surface area contributed by atoms with Crippen LogP contribution in [-0.2, 0) is 0 Å². The van der Waals surface area contributed by atoms with Crippen LogP contribution in [0.5, 0.6) is 0 Å². The van der Waals surface area contributed by atoms with Gasteiger partial charge in [0.25, 0.3) is 0 Å². The summed E-state index contributed by atoms with van der Waals surface area (Å²) in [4.78, 5) is 0. The smallest absolute Gasteiger partial charge is 0.0993 e. The molecule has 0 amide bonds.